The molecule has 7 nitrogen and oxygen atoms in total. The first-order valence-electron chi connectivity index (χ1n) is 10.1. The third-order valence-corrected chi connectivity index (χ3v) is 6.38. The summed E-state index contributed by atoms with van der Waals surface area (Å²) in [5.74, 6) is -1.46. The SMILES string of the molecule is CC1(C)CC(=O)C2(OC3=C(C(=O)CC(C)(C)C3)[C@@H]2c2cccc([N+](=O)[O-])c2)C(=O)C1. The van der Waals surface area contributed by atoms with E-state index in [1.165, 1.54) is 18.2 Å². The van der Waals surface area contributed by atoms with Crippen molar-refractivity contribution in [1.82, 2.24) is 0 Å². The van der Waals surface area contributed by atoms with Crippen LogP contribution in [0.4, 0.5) is 5.69 Å². The summed E-state index contributed by atoms with van der Waals surface area (Å²) in [6, 6.07) is 5.84. The highest BCUT2D eigenvalue weighted by atomic mass is 16.6. The number of nitro benzene ring substituents is 1. The van der Waals surface area contributed by atoms with Gasteiger partial charge in [0.25, 0.3) is 5.69 Å². The zero-order valence-electron chi connectivity index (χ0n) is 17.6. The lowest BCUT2D eigenvalue weighted by Crippen LogP contribution is -2.57. The van der Waals surface area contributed by atoms with Crippen molar-refractivity contribution in [2.24, 2.45) is 10.8 Å². The highest BCUT2D eigenvalue weighted by molar-refractivity contribution is 6.17. The molecule has 3 aliphatic rings. The Bertz CT molecular complexity index is 1010. The Hall–Kier alpha value is -2.83. The number of hydrogen-bond donors (Lipinski definition) is 0. The summed E-state index contributed by atoms with van der Waals surface area (Å²) in [7, 11) is 0. The van der Waals surface area contributed by atoms with Crippen molar-refractivity contribution in [3.63, 3.8) is 0 Å². The van der Waals surface area contributed by atoms with Gasteiger partial charge < -0.3 is 4.74 Å². The molecule has 1 aromatic carbocycles. The molecular formula is C23H25NO6. The number of nitro groups is 1. The quantitative estimate of drug-likeness (QED) is 0.413. The zero-order valence-corrected chi connectivity index (χ0v) is 17.6. The molecule has 4 rings (SSSR count). The van der Waals surface area contributed by atoms with Crippen molar-refractivity contribution in [3.05, 3.63) is 51.3 Å². The molecule has 0 bridgehead atoms. The molecule has 1 saturated carbocycles. The van der Waals surface area contributed by atoms with Crippen LogP contribution < -0.4 is 0 Å². The number of rotatable bonds is 2. The van der Waals surface area contributed by atoms with Crippen molar-refractivity contribution in [2.75, 3.05) is 0 Å². The van der Waals surface area contributed by atoms with E-state index in [9.17, 15) is 24.5 Å². The van der Waals surface area contributed by atoms with Gasteiger partial charge in [-0.05, 0) is 16.4 Å². The fraction of sp³-hybridized carbons (Fsp3) is 0.522. The van der Waals surface area contributed by atoms with Crippen LogP contribution in [0.5, 0.6) is 0 Å². The Morgan fingerprint density at radius 1 is 0.967 bits per heavy atom. The number of allylic oxidation sites excluding steroid dienone is 1. The summed E-state index contributed by atoms with van der Waals surface area (Å²) in [6.45, 7) is 7.60. The van der Waals surface area contributed by atoms with Crippen molar-refractivity contribution in [3.8, 4) is 0 Å². The third kappa shape index (κ3) is 2.99. The summed E-state index contributed by atoms with van der Waals surface area (Å²) in [6.07, 6.45) is 0.987. The Labute approximate surface area is 174 Å². The van der Waals surface area contributed by atoms with Crippen molar-refractivity contribution >= 4 is 23.0 Å². The first-order valence-corrected chi connectivity index (χ1v) is 10.1. The van der Waals surface area contributed by atoms with Gasteiger partial charge in [0, 0.05) is 43.4 Å². The van der Waals surface area contributed by atoms with E-state index in [1.807, 2.05) is 27.7 Å². The monoisotopic (exact) mass is 411 g/mol. The smallest absolute Gasteiger partial charge is 0.269 e. The van der Waals surface area contributed by atoms with Crippen LogP contribution in [-0.2, 0) is 19.1 Å². The lowest BCUT2D eigenvalue weighted by Gasteiger charge is -2.41. The molecule has 7 heteroatoms. The molecule has 0 radical (unpaired) electrons. The average molecular weight is 411 g/mol. The molecule has 1 fully saturated rings. The van der Waals surface area contributed by atoms with Crippen LogP contribution in [0.2, 0.25) is 0 Å². The van der Waals surface area contributed by atoms with Crippen LogP contribution >= 0.6 is 0 Å². The largest absolute Gasteiger partial charge is 0.474 e. The number of ketones is 3. The summed E-state index contributed by atoms with van der Waals surface area (Å²) in [4.78, 5) is 50.9. The molecule has 158 valence electrons. The lowest BCUT2D eigenvalue weighted by atomic mass is 9.61. The van der Waals surface area contributed by atoms with E-state index in [4.69, 9.17) is 4.74 Å². The minimum atomic E-state index is -1.81. The number of non-ortho nitro benzene ring substituents is 1. The maximum absolute atomic E-state index is 13.4. The maximum atomic E-state index is 13.4. The highest BCUT2D eigenvalue weighted by Crippen LogP contribution is 2.57. The number of nitrogens with zero attached hydrogens (tertiary/aromatic N) is 1. The first kappa shape index (κ1) is 20.4. The van der Waals surface area contributed by atoms with Crippen LogP contribution in [0.3, 0.4) is 0 Å². The lowest BCUT2D eigenvalue weighted by molar-refractivity contribution is -0.384. The number of benzene rings is 1. The number of hydrogen-bond acceptors (Lipinski definition) is 6. The van der Waals surface area contributed by atoms with Gasteiger partial charge in [0.05, 0.1) is 10.8 Å². The van der Waals surface area contributed by atoms with Gasteiger partial charge >= 0.3 is 0 Å². The Balaban J connectivity index is 1.93. The molecule has 1 atom stereocenters. The summed E-state index contributed by atoms with van der Waals surface area (Å²) >= 11 is 0. The van der Waals surface area contributed by atoms with Gasteiger partial charge in [-0.25, -0.2) is 0 Å². The topological polar surface area (TPSA) is 104 Å². The molecule has 1 aromatic rings. The van der Waals surface area contributed by atoms with Gasteiger partial charge in [0.2, 0.25) is 5.60 Å². The number of Topliss-reactive ketones (excluding diaryl/α,β-unsaturated/α-hetero) is 3. The van der Waals surface area contributed by atoms with E-state index in [-0.39, 0.29) is 47.7 Å². The van der Waals surface area contributed by atoms with Crippen LogP contribution in [0, 0.1) is 20.9 Å². The molecule has 0 aromatic heterocycles. The maximum Gasteiger partial charge on any atom is 0.269 e. The number of ether oxygens (including phenoxy) is 1. The van der Waals surface area contributed by atoms with Gasteiger partial charge in [0.15, 0.2) is 17.3 Å². The number of carbonyl (C=O) groups excluding carboxylic acids is 3. The molecule has 0 N–H and O–H groups in total. The fourth-order valence-corrected chi connectivity index (χ4v) is 5.15. The van der Waals surface area contributed by atoms with Crippen LogP contribution in [0.1, 0.15) is 64.9 Å². The number of carbonyl (C=O) groups is 3. The third-order valence-electron chi connectivity index (χ3n) is 6.38. The molecule has 0 saturated heterocycles. The molecule has 1 heterocycles. The average Bonchev–Trinajstić information content (AvgIpc) is 2.94. The van der Waals surface area contributed by atoms with Crippen LogP contribution in [-0.4, -0.2) is 27.9 Å². The molecular weight excluding hydrogens is 386 g/mol. The second-order valence-corrected chi connectivity index (χ2v) is 10.3. The Morgan fingerprint density at radius 3 is 2.17 bits per heavy atom. The van der Waals surface area contributed by atoms with E-state index in [1.54, 1.807) is 6.07 Å². The minimum Gasteiger partial charge on any atom is -0.474 e. The standard InChI is InChI=1S/C23H25NO6/c1-21(2)9-15(25)19-16(10-21)30-23(17(26)11-22(3,4)12-18(23)27)20(19)13-6-5-7-14(8-13)24(28)29/h5-8,20H,9-12H2,1-4H3/t20-/m0/s1. The van der Waals surface area contributed by atoms with Crippen LogP contribution in [0.15, 0.2) is 35.6 Å². The molecule has 0 unspecified atom stereocenters. The zero-order chi connectivity index (χ0) is 22.1. The second-order valence-electron chi connectivity index (χ2n) is 10.3. The van der Waals surface area contributed by atoms with E-state index in [0.29, 0.717) is 23.3 Å². The van der Waals surface area contributed by atoms with Crippen LogP contribution in [0.25, 0.3) is 0 Å². The fourth-order valence-electron chi connectivity index (χ4n) is 5.15. The first-order chi connectivity index (χ1) is 13.9. The van der Waals surface area contributed by atoms with Gasteiger partial charge in [0.1, 0.15) is 5.76 Å². The molecule has 1 spiro atoms. The van der Waals surface area contributed by atoms with Gasteiger partial charge in [-0.2, -0.15) is 0 Å². The molecule has 0 amide bonds. The minimum absolute atomic E-state index is 0.141. The molecule has 30 heavy (non-hydrogen) atoms. The summed E-state index contributed by atoms with van der Waals surface area (Å²) in [5, 5.41) is 11.3. The van der Waals surface area contributed by atoms with E-state index >= 15 is 0 Å². The normalized spacial score (nSPS) is 26.5. The predicted octanol–water partition coefficient (Wildman–Crippen LogP) is 4.05. The van der Waals surface area contributed by atoms with Gasteiger partial charge in [-0.15, -0.1) is 0 Å². The molecule has 1 aliphatic heterocycles. The second kappa shape index (κ2) is 6.33. The van der Waals surface area contributed by atoms with E-state index in [2.05, 4.69) is 0 Å². The van der Waals surface area contributed by atoms with Gasteiger partial charge in [-0.1, -0.05) is 39.8 Å². The van der Waals surface area contributed by atoms with Crippen molar-refractivity contribution in [2.45, 2.75) is 64.9 Å². The van der Waals surface area contributed by atoms with Crippen molar-refractivity contribution < 1.29 is 24.0 Å². The Morgan fingerprint density at radius 2 is 1.57 bits per heavy atom. The van der Waals surface area contributed by atoms with E-state index in [0.717, 1.165) is 0 Å². The summed E-state index contributed by atoms with van der Waals surface area (Å²) in [5.41, 5.74) is -2.10. The molecule has 2 aliphatic carbocycles. The van der Waals surface area contributed by atoms with Crippen molar-refractivity contribution in [1.29, 1.82) is 0 Å². The van der Waals surface area contributed by atoms with E-state index < -0.39 is 21.9 Å². The predicted molar refractivity (Wildman–Crippen MR) is 108 cm³/mol. The Kier molecular flexibility index (Phi) is 4.31. The van der Waals surface area contributed by atoms with Gasteiger partial charge in [-0.3, -0.25) is 24.5 Å². The highest BCUT2D eigenvalue weighted by Gasteiger charge is 2.65. The summed E-state index contributed by atoms with van der Waals surface area (Å²) < 4.78 is 6.17.